The van der Waals surface area contributed by atoms with Crippen LogP contribution in [0.4, 0.5) is 0 Å². The Hall–Kier alpha value is -0.670. The Morgan fingerprint density at radius 2 is 2.38 bits per heavy atom. The Balaban J connectivity index is 2.21. The van der Waals surface area contributed by atoms with Crippen molar-refractivity contribution in [3.63, 3.8) is 0 Å². The highest BCUT2D eigenvalue weighted by Gasteiger charge is 2.30. The maximum Gasteiger partial charge on any atom is 0.158 e. The van der Waals surface area contributed by atoms with Gasteiger partial charge in [0.15, 0.2) is 5.78 Å². The van der Waals surface area contributed by atoms with Crippen LogP contribution in [0.3, 0.4) is 0 Å². The SMILES string of the molecule is COCCCCC1(O)C=CC(=O)C1. The molecule has 1 aliphatic rings. The molecule has 1 N–H and O–H groups in total. The molecule has 0 amide bonds. The van der Waals surface area contributed by atoms with Crippen molar-refractivity contribution < 1.29 is 14.6 Å². The maximum absolute atomic E-state index is 10.9. The van der Waals surface area contributed by atoms with Gasteiger partial charge in [0.2, 0.25) is 0 Å². The van der Waals surface area contributed by atoms with Crippen molar-refractivity contribution in [3.8, 4) is 0 Å². The number of methoxy groups -OCH3 is 1. The van der Waals surface area contributed by atoms with E-state index in [1.165, 1.54) is 6.08 Å². The normalized spacial score (nSPS) is 27.1. The molecule has 0 aromatic rings. The van der Waals surface area contributed by atoms with Gasteiger partial charge in [0.25, 0.3) is 0 Å². The summed E-state index contributed by atoms with van der Waals surface area (Å²) in [6.45, 7) is 0.716. The van der Waals surface area contributed by atoms with Crippen molar-refractivity contribution >= 4 is 5.78 Å². The third-order valence-electron chi connectivity index (χ3n) is 2.27. The summed E-state index contributed by atoms with van der Waals surface area (Å²) in [5.74, 6) is 0.0224. The molecule has 1 rings (SSSR count). The molecular weight excluding hydrogens is 168 g/mol. The van der Waals surface area contributed by atoms with E-state index in [9.17, 15) is 9.90 Å². The van der Waals surface area contributed by atoms with Crippen molar-refractivity contribution in [2.24, 2.45) is 0 Å². The number of hydrogen-bond acceptors (Lipinski definition) is 3. The first-order chi connectivity index (χ1) is 6.16. The van der Waals surface area contributed by atoms with Crippen LogP contribution in [0.1, 0.15) is 25.7 Å². The number of ketones is 1. The molecule has 13 heavy (non-hydrogen) atoms. The zero-order chi connectivity index (χ0) is 9.73. The summed E-state index contributed by atoms with van der Waals surface area (Å²) in [4.78, 5) is 10.9. The van der Waals surface area contributed by atoms with Crippen LogP contribution >= 0.6 is 0 Å². The number of carbonyl (C=O) groups excluding carboxylic acids is 1. The number of hydrogen-bond donors (Lipinski definition) is 1. The minimum absolute atomic E-state index is 0.0224. The predicted molar refractivity (Wildman–Crippen MR) is 49.4 cm³/mol. The van der Waals surface area contributed by atoms with Crippen LogP contribution in [0.5, 0.6) is 0 Å². The number of ether oxygens (including phenoxy) is 1. The van der Waals surface area contributed by atoms with Crippen LogP contribution in [0.15, 0.2) is 12.2 Å². The fourth-order valence-electron chi connectivity index (χ4n) is 1.52. The molecular formula is C10H16O3. The maximum atomic E-state index is 10.9. The highest BCUT2D eigenvalue weighted by molar-refractivity contribution is 5.93. The smallest absolute Gasteiger partial charge is 0.158 e. The second kappa shape index (κ2) is 4.53. The minimum Gasteiger partial charge on any atom is -0.385 e. The lowest BCUT2D eigenvalue weighted by Crippen LogP contribution is -2.24. The van der Waals surface area contributed by atoms with Crippen LogP contribution in [0.25, 0.3) is 0 Å². The number of rotatable bonds is 5. The molecule has 0 spiro atoms. The van der Waals surface area contributed by atoms with E-state index in [1.54, 1.807) is 13.2 Å². The van der Waals surface area contributed by atoms with E-state index in [1.807, 2.05) is 0 Å². The predicted octanol–water partition coefficient (Wildman–Crippen LogP) is 1.06. The van der Waals surface area contributed by atoms with Crippen LogP contribution in [-0.2, 0) is 9.53 Å². The Morgan fingerprint density at radius 1 is 1.62 bits per heavy atom. The number of unbranched alkanes of at least 4 members (excludes halogenated alkanes) is 1. The molecule has 0 saturated heterocycles. The second-order valence-electron chi connectivity index (χ2n) is 3.53. The van der Waals surface area contributed by atoms with Crippen LogP contribution in [-0.4, -0.2) is 30.2 Å². The lowest BCUT2D eigenvalue weighted by molar-refractivity contribution is -0.116. The molecule has 1 atom stereocenters. The van der Waals surface area contributed by atoms with E-state index in [0.717, 1.165) is 12.8 Å². The van der Waals surface area contributed by atoms with Gasteiger partial charge in [0.1, 0.15) is 0 Å². The summed E-state index contributed by atoms with van der Waals surface area (Å²) in [5, 5.41) is 9.81. The van der Waals surface area contributed by atoms with E-state index >= 15 is 0 Å². The van der Waals surface area contributed by atoms with E-state index in [4.69, 9.17) is 4.74 Å². The first kappa shape index (κ1) is 10.4. The van der Waals surface area contributed by atoms with Crippen molar-refractivity contribution in [2.75, 3.05) is 13.7 Å². The Labute approximate surface area is 78.4 Å². The van der Waals surface area contributed by atoms with Gasteiger partial charge in [-0.25, -0.2) is 0 Å². The average Bonchev–Trinajstić information content (AvgIpc) is 2.41. The molecule has 0 heterocycles. The zero-order valence-electron chi connectivity index (χ0n) is 7.95. The molecule has 1 unspecified atom stereocenters. The highest BCUT2D eigenvalue weighted by Crippen LogP contribution is 2.25. The lowest BCUT2D eigenvalue weighted by Gasteiger charge is -2.18. The molecule has 1 aliphatic carbocycles. The average molecular weight is 184 g/mol. The summed E-state index contributed by atoms with van der Waals surface area (Å²) in [6.07, 6.45) is 5.81. The molecule has 0 saturated carbocycles. The molecule has 3 heteroatoms. The van der Waals surface area contributed by atoms with Gasteiger partial charge in [-0.15, -0.1) is 0 Å². The van der Waals surface area contributed by atoms with Crippen LogP contribution in [0.2, 0.25) is 0 Å². The van der Waals surface area contributed by atoms with Gasteiger partial charge in [0.05, 0.1) is 5.60 Å². The van der Waals surface area contributed by atoms with Gasteiger partial charge < -0.3 is 9.84 Å². The standard InChI is InChI=1S/C10H16O3/c1-13-7-3-2-5-10(12)6-4-9(11)8-10/h4,6,12H,2-3,5,7-8H2,1H3. The Kier molecular flexibility index (Phi) is 3.63. The first-order valence-corrected chi connectivity index (χ1v) is 4.60. The highest BCUT2D eigenvalue weighted by atomic mass is 16.5. The van der Waals surface area contributed by atoms with Gasteiger partial charge in [-0.2, -0.15) is 0 Å². The quantitative estimate of drug-likeness (QED) is 0.650. The van der Waals surface area contributed by atoms with Crippen molar-refractivity contribution in [1.82, 2.24) is 0 Å². The summed E-state index contributed by atoms with van der Waals surface area (Å²) in [6, 6.07) is 0. The van der Waals surface area contributed by atoms with Crippen LogP contribution in [0, 0.1) is 0 Å². The van der Waals surface area contributed by atoms with E-state index in [-0.39, 0.29) is 12.2 Å². The summed E-state index contributed by atoms with van der Waals surface area (Å²) in [7, 11) is 1.66. The Morgan fingerprint density at radius 3 is 2.92 bits per heavy atom. The van der Waals surface area contributed by atoms with Gasteiger partial charge in [-0.3, -0.25) is 4.79 Å². The summed E-state index contributed by atoms with van der Waals surface area (Å²) < 4.78 is 4.89. The molecule has 0 aromatic carbocycles. The third kappa shape index (κ3) is 3.28. The Bertz CT molecular complexity index is 210. The topological polar surface area (TPSA) is 46.5 Å². The van der Waals surface area contributed by atoms with Crippen molar-refractivity contribution in [1.29, 1.82) is 0 Å². The molecule has 0 aliphatic heterocycles. The van der Waals surface area contributed by atoms with Crippen molar-refractivity contribution in [2.45, 2.75) is 31.3 Å². The second-order valence-corrected chi connectivity index (χ2v) is 3.53. The minimum atomic E-state index is -0.870. The first-order valence-electron chi connectivity index (χ1n) is 4.60. The number of aliphatic hydroxyl groups is 1. The molecule has 74 valence electrons. The molecule has 0 aromatic heterocycles. The van der Waals surface area contributed by atoms with Gasteiger partial charge >= 0.3 is 0 Å². The monoisotopic (exact) mass is 184 g/mol. The van der Waals surface area contributed by atoms with Crippen LogP contribution < -0.4 is 0 Å². The van der Waals surface area contributed by atoms with E-state index in [0.29, 0.717) is 13.0 Å². The molecule has 0 radical (unpaired) electrons. The van der Waals surface area contributed by atoms with Gasteiger partial charge in [-0.1, -0.05) is 0 Å². The zero-order valence-corrected chi connectivity index (χ0v) is 7.95. The van der Waals surface area contributed by atoms with Gasteiger partial charge in [0, 0.05) is 20.1 Å². The van der Waals surface area contributed by atoms with E-state index in [2.05, 4.69) is 0 Å². The largest absolute Gasteiger partial charge is 0.385 e. The number of allylic oxidation sites excluding steroid dienone is 1. The summed E-state index contributed by atoms with van der Waals surface area (Å²) in [5.41, 5.74) is -0.870. The fourth-order valence-corrected chi connectivity index (χ4v) is 1.52. The van der Waals surface area contributed by atoms with Gasteiger partial charge in [-0.05, 0) is 31.4 Å². The fraction of sp³-hybridized carbons (Fsp3) is 0.700. The molecule has 3 nitrogen and oxygen atoms in total. The molecule has 0 bridgehead atoms. The van der Waals surface area contributed by atoms with Crippen molar-refractivity contribution in [3.05, 3.63) is 12.2 Å². The number of carbonyl (C=O) groups is 1. The molecule has 0 fully saturated rings. The summed E-state index contributed by atoms with van der Waals surface area (Å²) >= 11 is 0. The third-order valence-corrected chi connectivity index (χ3v) is 2.27. The van der Waals surface area contributed by atoms with E-state index < -0.39 is 5.60 Å². The lowest BCUT2D eigenvalue weighted by atomic mass is 9.96.